The number of nitrogens with zero attached hydrogens (tertiary/aromatic N) is 1. The maximum atomic E-state index is 6.30. The van der Waals surface area contributed by atoms with Gasteiger partial charge in [-0.1, -0.05) is 0 Å². The Morgan fingerprint density at radius 1 is 1.62 bits per heavy atom. The zero-order valence-electron chi connectivity index (χ0n) is 9.76. The third-order valence-corrected chi connectivity index (χ3v) is 5.06. The first kappa shape index (κ1) is 12.4. The molecule has 2 N–H and O–H groups in total. The van der Waals surface area contributed by atoms with Crippen LogP contribution in [-0.4, -0.2) is 42.1 Å². The van der Waals surface area contributed by atoms with Crippen molar-refractivity contribution in [1.82, 2.24) is 4.90 Å². The molecule has 0 aromatic carbocycles. The molecule has 2 atom stereocenters. The first-order valence-electron chi connectivity index (χ1n) is 5.82. The molecule has 0 aliphatic carbocycles. The molecule has 0 saturated carbocycles. The SMILES string of the molecule is CN1CCSCC1C(N)CCc1ccsc1. The van der Waals surface area contributed by atoms with E-state index in [1.807, 2.05) is 11.8 Å². The first-order valence-corrected chi connectivity index (χ1v) is 7.92. The van der Waals surface area contributed by atoms with E-state index in [-0.39, 0.29) is 0 Å². The van der Waals surface area contributed by atoms with Crippen LogP contribution in [-0.2, 0) is 6.42 Å². The van der Waals surface area contributed by atoms with Crippen molar-refractivity contribution in [2.24, 2.45) is 5.73 Å². The molecule has 1 aromatic rings. The van der Waals surface area contributed by atoms with E-state index >= 15 is 0 Å². The Kier molecular flexibility index (Phi) is 4.70. The van der Waals surface area contributed by atoms with Crippen LogP contribution in [0.3, 0.4) is 0 Å². The second-order valence-corrected chi connectivity index (χ2v) is 6.39. The summed E-state index contributed by atoms with van der Waals surface area (Å²) in [6.07, 6.45) is 2.23. The van der Waals surface area contributed by atoms with Gasteiger partial charge in [-0.05, 0) is 42.3 Å². The highest BCUT2D eigenvalue weighted by Crippen LogP contribution is 2.19. The molecule has 90 valence electrons. The number of hydrogen-bond donors (Lipinski definition) is 1. The Hall–Kier alpha value is -0.0300. The van der Waals surface area contributed by atoms with E-state index in [0.29, 0.717) is 12.1 Å². The average Bonchev–Trinajstić information content (AvgIpc) is 2.79. The van der Waals surface area contributed by atoms with Gasteiger partial charge in [-0.3, -0.25) is 0 Å². The predicted octanol–water partition coefficient (Wildman–Crippen LogP) is 2.06. The minimum atomic E-state index is 0.317. The van der Waals surface area contributed by atoms with Crippen molar-refractivity contribution in [3.8, 4) is 0 Å². The Labute approximate surface area is 106 Å². The second-order valence-electron chi connectivity index (χ2n) is 4.46. The molecule has 2 nitrogen and oxygen atoms in total. The lowest BCUT2D eigenvalue weighted by Crippen LogP contribution is -2.50. The normalized spacial score (nSPS) is 24.5. The number of nitrogens with two attached hydrogens (primary N) is 1. The fourth-order valence-electron chi connectivity index (χ4n) is 2.12. The van der Waals surface area contributed by atoms with Crippen LogP contribution in [0.1, 0.15) is 12.0 Å². The maximum absolute atomic E-state index is 6.30. The van der Waals surface area contributed by atoms with Gasteiger partial charge in [0.2, 0.25) is 0 Å². The van der Waals surface area contributed by atoms with Crippen molar-refractivity contribution in [2.45, 2.75) is 24.9 Å². The smallest absolute Gasteiger partial charge is 0.0335 e. The van der Waals surface area contributed by atoms with Crippen molar-refractivity contribution in [3.63, 3.8) is 0 Å². The van der Waals surface area contributed by atoms with Gasteiger partial charge in [-0.15, -0.1) is 0 Å². The number of aryl methyl sites for hydroxylation is 1. The van der Waals surface area contributed by atoms with E-state index in [1.165, 1.54) is 23.6 Å². The lowest BCUT2D eigenvalue weighted by atomic mass is 10.0. The van der Waals surface area contributed by atoms with Gasteiger partial charge in [-0.2, -0.15) is 23.1 Å². The van der Waals surface area contributed by atoms with E-state index in [4.69, 9.17) is 5.73 Å². The molecule has 2 heterocycles. The number of rotatable bonds is 4. The molecular weight excluding hydrogens is 236 g/mol. The highest BCUT2D eigenvalue weighted by atomic mass is 32.2. The molecule has 0 bridgehead atoms. The number of likely N-dealkylation sites (N-methyl/N-ethyl adjacent to an activating group) is 1. The van der Waals surface area contributed by atoms with E-state index in [2.05, 4.69) is 28.8 Å². The molecule has 0 spiro atoms. The molecule has 1 fully saturated rings. The molecule has 2 unspecified atom stereocenters. The fraction of sp³-hybridized carbons (Fsp3) is 0.667. The van der Waals surface area contributed by atoms with Gasteiger partial charge >= 0.3 is 0 Å². The molecule has 16 heavy (non-hydrogen) atoms. The monoisotopic (exact) mass is 256 g/mol. The number of hydrogen-bond acceptors (Lipinski definition) is 4. The van der Waals surface area contributed by atoms with Crippen LogP contribution in [0.15, 0.2) is 16.8 Å². The van der Waals surface area contributed by atoms with Crippen LogP contribution in [0.4, 0.5) is 0 Å². The minimum Gasteiger partial charge on any atom is -0.326 e. The second kappa shape index (κ2) is 6.05. The molecule has 0 radical (unpaired) electrons. The van der Waals surface area contributed by atoms with Gasteiger partial charge in [0.05, 0.1) is 0 Å². The molecule has 1 aromatic heterocycles. The standard InChI is InChI=1S/C12H20N2S2/c1-14-5-7-16-9-12(14)11(13)3-2-10-4-6-15-8-10/h4,6,8,11-12H,2-3,5,7,9,13H2,1H3. The summed E-state index contributed by atoms with van der Waals surface area (Å²) in [6, 6.07) is 3.09. The summed E-state index contributed by atoms with van der Waals surface area (Å²) in [4.78, 5) is 2.43. The lowest BCUT2D eigenvalue weighted by molar-refractivity contribution is 0.230. The predicted molar refractivity (Wildman–Crippen MR) is 74.4 cm³/mol. The molecule has 1 aliphatic heterocycles. The van der Waals surface area contributed by atoms with Gasteiger partial charge < -0.3 is 10.6 Å². The van der Waals surface area contributed by atoms with Crippen molar-refractivity contribution in [1.29, 1.82) is 0 Å². The summed E-state index contributed by atoms with van der Waals surface area (Å²) in [6.45, 7) is 1.18. The van der Waals surface area contributed by atoms with Crippen molar-refractivity contribution >= 4 is 23.1 Å². The van der Waals surface area contributed by atoms with E-state index in [0.717, 1.165) is 12.8 Å². The van der Waals surface area contributed by atoms with Gasteiger partial charge in [0.25, 0.3) is 0 Å². The van der Waals surface area contributed by atoms with Crippen LogP contribution >= 0.6 is 23.1 Å². The van der Waals surface area contributed by atoms with Crippen molar-refractivity contribution < 1.29 is 0 Å². The zero-order chi connectivity index (χ0) is 11.4. The van der Waals surface area contributed by atoms with Crippen LogP contribution < -0.4 is 5.73 Å². The summed E-state index contributed by atoms with van der Waals surface area (Å²) in [7, 11) is 2.20. The molecule has 2 rings (SSSR count). The summed E-state index contributed by atoms with van der Waals surface area (Å²) >= 11 is 3.81. The van der Waals surface area contributed by atoms with E-state index in [9.17, 15) is 0 Å². The van der Waals surface area contributed by atoms with Crippen molar-refractivity contribution in [3.05, 3.63) is 22.4 Å². The van der Waals surface area contributed by atoms with Crippen LogP contribution in [0.5, 0.6) is 0 Å². The lowest BCUT2D eigenvalue weighted by Gasteiger charge is -2.36. The van der Waals surface area contributed by atoms with E-state index in [1.54, 1.807) is 11.3 Å². The Morgan fingerprint density at radius 2 is 2.50 bits per heavy atom. The zero-order valence-corrected chi connectivity index (χ0v) is 11.4. The highest BCUT2D eigenvalue weighted by molar-refractivity contribution is 7.99. The molecule has 1 aliphatic rings. The van der Waals surface area contributed by atoms with Crippen molar-refractivity contribution in [2.75, 3.05) is 25.1 Å². The largest absolute Gasteiger partial charge is 0.326 e. The first-order chi connectivity index (χ1) is 7.77. The fourth-order valence-corrected chi connectivity index (χ4v) is 4.15. The Morgan fingerprint density at radius 3 is 3.19 bits per heavy atom. The molecular formula is C12H20N2S2. The van der Waals surface area contributed by atoms with Gasteiger partial charge in [0.15, 0.2) is 0 Å². The van der Waals surface area contributed by atoms with Crippen LogP contribution in [0.25, 0.3) is 0 Å². The molecule has 1 saturated heterocycles. The summed E-state index contributed by atoms with van der Waals surface area (Å²) in [5.74, 6) is 2.45. The Bertz CT molecular complexity index is 300. The molecule has 4 heteroatoms. The highest BCUT2D eigenvalue weighted by Gasteiger charge is 2.24. The third kappa shape index (κ3) is 3.23. The average molecular weight is 256 g/mol. The minimum absolute atomic E-state index is 0.317. The van der Waals surface area contributed by atoms with Crippen LogP contribution in [0, 0.1) is 0 Å². The summed E-state index contributed by atoms with van der Waals surface area (Å²) in [5.41, 5.74) is 7.74. The Balaban J connectivity index is 1.80. The number of thioether (sulfide) groups is 1. The van der Waals surface area contributed by atoms with Gasteiger partial charge in [0.1, 0.15) is 0 Å². The van der Waals surface area contributed by atoms with Crippen LogP contribution in [0.2, 0.25) is 0 Å². The number of thiophene rings is 1. The molecule has 0 amide bonds. The van der Waals surface area contributed by atoms with E-state index < -0.39 is 0 Å². The summed E-state index contributed by atoms with van der Waals surface area (Å²) < 4.78 is 0. The van der Waals surface area contributed by atoms with Gasteiger partial charge in [-0.25, -0.2) is 0 Å². The van der Waals surface area contributed by atoms with Gasteiger partial charge in [0, 0.05) is 30.1 Å². The third-order valence-electron chi connectivity index (χ3n) is 3.28. The quantitative estimate of drug-likeness (QED) is 0.894. The summed E-state index contributed by atoms with van der Waals surface area (Å²) in [5, 5.41) is 4.37. The topological polar surface area (TPSA) is 29.3 Å². The maximum Gasteiger partial charge on any atom is 0.0335 e.